The molecular weight excluding hydrogens is 362 g/mol. The van der Waals surface area contributed by atoms with Crippen molar-refractivity contribution in [3.05, 3.63) is 64.3 Å². The molecule has 1 aromatic heterocycles. The number of halogens is 3. The first-order valence-electron chi connectivity index (χ1n) is 7.67. The van der Waals surface area contributed by atoms with E-state index >= 15 is 0 Å². The fraction of sp³-hybridized carbons (Fsp3) is 0.111. The Balaban J connectivity index is 1.84. The molecule has 0 aliphatic carbocycles. The number of hydrogen-bond acceptors (Lipinski definition) is 4. The first-order chi connectivity index (χ1) is 12.5. The Bertz CT molecular complexity index is 918. The second-order valence-electron chi connectivity index (χ2n) is 5.42. The highest BCUT2D eigenvalue weighted by Crippen LogP contribution is 2.28. The summed E-state index contributed by atoms with van der Waals surface area (Å²) in [5.41, 5.74) is 1.02. The lowest BCUT2D eigenvalue weighted by Gasteiger charge is -2.15. The van der Waals surface area contributed by atoms with Gasteiger partial charge in [0, 0.05) is 41.5 Å². The molecule has 0 bridgehead atoms. The van der Waals surface area contributed by atoms with Gasteiger partial charge < -0.3 is 10.7 Å². The SMILES string of the molecule is N=CC1=NCCC(Cl)=C1c1ccc(NC(=O)c2c(F)cccc2F)nc1. The van der Waals surface area contributed by atoms with E-state index in [0.29, 0.717) is 34.8 Å². The number of allylic oxidation sites excluding steroid dienone is 1. The number of aliphatic imine (C=N–C) groups is 1. The highest BCUT2D eigenvalue weighted by Gasteiger charge is 2.19. The number of carbonyl (C=O) groups is 1. The molecule has 132 valence electrons. The predicted molar refractivity (Wildman–Crippen MR) is 97.0 cm³/mol. The van der Waals surface area contributed by atoms with Crippen molar-refractivity contribution in [2.45, 2.75) is 6.42 Å². The fourth-order valence-corrected chi connectivity index (χ4v) is 2.84. The molecule has 1 amide bonds. The molecule has 0 fully saturated rings. The van der Waals surface area contributed by atoms with Gasteiger partial charge in [-0.3, -0.25) is 9.79 Å². The molecule has 1 aliphatic heterocycles. The maximum atomic E-state index is 13.7. The van der Waals surface area contributed by atoms with Crippen LogP contribution in [0.2, 0.25) is 0 Å². The molecule has 0 atom stereocenters. The highest BCUT2D eigenvalue weighted by atomic mass is 35.5. The van der Waals surface area contributed by atoms with Crippen LogP contribution in [0, 0.1) is 17.0 Å². The van der Waals surface area contributed by atoms with Gasteiger partial charge in [0.05, 0.1) is 5.71 Å². The van der Waals surface area contributed by atoms with E-state index in [0.717, 1.165) is 18.3 Å². The molecule has 26 heavy (non-hydrogen) atoms. The predicted octanol–water partition coefficient (Wildman–Crippen LogP) is 4.06. The lowest BCUT2D eigenvalue weighted by atomic mass is 9.99. The van der Waals surface area contributed by atoms with E-state index in [9.17, 15) is 13.6 Å². The molecular formula is C18H13ClF2N4O. The number of hydrogen-bond donors (Lipinski definition) is 2. The number of nitrogens with one attached hydrogen (secondary N) is 2. The van der Waals surface area contributed by atoms with Gasteiger partial charge in [0.1, 0.15) is 23.0 Å². The van der Waals surface area contributed by atoms with Crippen molar-refractivity contribution in [3.63, 3.8) is 0 Å². The Morgan fingerprint density at radius 1 is 1.23 bits per heavy atom. The molecule has 0 spiro atoms. The Morgan fingerprint density at radius 3 is 2.58 bits per heavy atom. The topological polar surface area (TPSA) is 78.2 Å². The van der Waals surface area contributed by atoms with Crippen LogP contribution in [0.3, 0.4) is 0 Å². The van der Waals surface area contributed by atoms with Crippen molar-refractivity contribution < 1.29 is 13.6 Å². The van der Waals surface area contributed by atoms with E-state index in [2.05, 4.69) is 15.3 Å². The molecule has 2 heterocycles. The molecule has 0 saturated heterocycles. The zero-order valence-electron chi connectivity index (χ0n) is 13.4. The number of amides is 1. The zero-order chi connectivity index (χ0) is 18.7. The number of pyridine rings is 1. The van der Waals surface area contributed by atoms with Crippen LogP contribution < -0.4 is 5.32 Å². The summed E-state index contributed by atoms with van der Waals surface area (Å²) in [5, 5.41) is 10.4. The van der Waals surface area contributed by atoms with E-state index < -0.39 is 23.1 Å². The summed E-state index contributed by atoms with van der Waals surface area (Å²) >= 11 is 6.24. The Labute approximate surface area is 152 Å². The highest BCUT2D eigenvalue weighted by molar-refractivity contribution is 6.54. The van der Waals surface area contributed by atoms with Gasteiger partial charge in [0.25, 0.3) is 5.91 Å². The van der Waals surface area contributed by atoms with E-state index in [1.807, 2.05) is 0 Å². The molecule has 0 unspecified atom stereocenters. The van der Waals surface area contributed by atoms with Crippen LogP contribution in [0.4, 0.5) is 14.6 Å². The van der Waals surface area contributed by atoms with Crippen LogP contribution in [0.5, 0.6) is 0 Å². The van der Waals surface area contributed by atoms with Gasteiger partial charge in [-0.25, -0.2) is 13.8 Å². The maximum absolute atomic E-state index is 13.7. The van der Waals surface area contributed by atoms with E-state index in [1.165, 1.54) is 18.3 Å². The average molecular weight is 375 g/mol. The molecule has 5 nitrogen and oxygen atoms in total. The van der Waals surface area contributed by atoms with Crippen LogP contribution in [0.15, 0.2) is 46.6 Å². The first kappa shape index (κ1) is 17.9. The van der Waals surface area contributed by atoms with Crippen molar-refractivity contribution in [1.82, 2.24) is 4.98 Å². The van der Waals surface area contributed by atoms with E-state index in [-0.39, 0.29) is 5.82 Å². The molecule has 8 heteroatoms. The number of nitrogens with zero attached hydrogens (tertiary/aromatic N) is 2. The zero-order valence-corrected chi connectivity index (χ0v) is 14.1. The maximum Gasteiger partial charge on any atom is 0.262 e. The fourth-order valence-electron chi connectivity index (χ4n) is 2.55. The number of aromatic nitrogens is 1. The molecule has 3 rings (SSSR count). The van der Waals surface area contributed by atoms with Gasteiger partial charge in [-0.15, -0.1) is 0 Å². The second kappa shape index (κ2) is 7.53. The van der Waals surface area contributed by atoms with E-state index in [1.54, 1.807) is 6.07 Å². The van der Waals surface area contributed by atoms with Crippen molar-refractivity contribution in [1.29, 1.82) is 5.41 Å². The van der Waals surface area contributed by atoms with Crippen LogP contribution >= 0.6 is 11.6 Å². The normalized spacial score (nSPS) is 14.0. The summed E-state index contributed by atoms with van der Waals surface area (Å²) in [4.78, 5) is 20.4. The van der Waals surface area contributed by atoms with Gasteiger partial charge in [0.15, 0.2) is 0 Å². The van der Waals surface area contributed by atoms with Crippen LogP contribution in [0.1, 0.15) is 22.3 Å². The molecule has 2 N–H and O–H groups in total. The van der Waals surface area contributed by atoms with Crippen molar-refractivity contribution in [2.24, 2.45) is 4.99 Å². The summed E-state index contributed by atoms with van der Waals surface area (Å²) in [7, 11) is 0. The number of anilines is 1. The number of benzene rings is 1. The monoisotopic (exact) mass is 374 g/mol. The third-order valence-corrected chi connectivity index (χ3v) is 4.14. The van der Waals surface area contributed by atoms with Crippen LogP contribution in [-0.2, 0) is 0 Å². The van der Waals surface area contributed by atoms with Crippen LogP contribution in [0.25, 0.3) is 5.57 Å². The molecule has 2 aromatic rings. The minimum atomic E-state index is -0.954. The first-order valence-corrected chi connectivity index (χ1v) is 8.04. The molecule has 0 radical (unpaired) electrons. The standard InChI is InChI=1S/C18H13ClF2N4O/c19-11-6-7-23-14(8-22)16(11)10-4-5-15(24-9-10)25-18(26)17-12(20)2-1-3-13(17)21/h1-5,8-9,22H,6-7H2,(H,24,25,26). The summed E-state index contributed by atoms with van der Waals surface area (Å²) in [6.45, 7) is 0.517. The van der Waals surface area contributed by atoms with Gasteiger partial charge in [-0.2, -0.15) is 0 Å². The number of rotatable bonds is 4. The summed E-state index contributed by atoms with van der Waals surface area (Å²) in [5.74, 6) is -2.71. The van der Waals surface area contributed by atoms with Gasteiger partial charge >= 0.3 is 0 Å². The summed E-state index contributed by atoms with van der Waals surface area (Å²) < 4.78 is 27.3. The molecule has 1 aromatic carbocycles. The lowest BCUT2D eigenvalue weighted by Crippen LogP contribution is -2.17. The van der Waals surface area contributed by atoms with Gasteiger partial charge in [0.2, 0.25) is 0 Å². The Morgan fingerprint density at radius 2 is 1.96 bits per heavy atom. The summed E-state index contributed by atoms with van der Waals surface area (Å²) in [6.07, 6.45) is 3.14. The van der Waals surface area contributed by atoms with Crippen molar-refractivity contribution in [3.8, 4) is 0 Å². The third-order valence-electron chi connectivity index (χ3n) is 3.76. The quantitative estimate of drug-likeness (QED) is 0.792. The van der Waals surface area contributed by atoms with Gasteiger partial charge in [-0.05, 0) is 24.3 Å². The minimum Gasteiger partial charge on any atom is -0.306 e. The van der Waals surface area contributed by atoms with Gasteiger partial charge in [-0.1, -0.05) is 17.7 Å². The Hall–Kier alpha value is -2.93. The third kappa shape index (κ3) is 3.52. The van der Waals surface area contributed by atoms with Crippen LogP contribution in [-0.4, -0.2) is 29.4 Å². The number of carbonyl (C=O) groups excluding carboxylic acids is 1. The minimum absolute atomic E-state index is 0.127. The molecule has 1 aliphatic rings. The Kier molecular flexibility index (Phi) is 5.18. The number of dihydropyridines is 1. The smallest absolute Gasteiger partial charge is 0.262 e. The van der Waals surface area contributed by atoms with E-state index in [4.69, 9.17) is 17.0 Å². The lowest BCUT2D eigenvalue weighted by molar-refractivity contribution is 0.101. The average Bonchev–Trinajstić information content (AvgIpc) is 2.62. The summed E-state index contributed by atoms with van der Waals surface area (Å²) in [6, 6.07) is 6.31. The second-order valence-corrected chi connectivity index (χ2v) is 5.88. The van der Waals surface area contributed by atoms with Crippen molar-refractivity contribution in [2.75, 3.05) is 11.9 Å². The molecule has 0 saturated carbocycles. The van der Waals surface area contributed by atoms with Crippen molar-refractivity contribution >= 4 is 40.8 Å². The largest absolute Gasteiger partial charge is 0.306 e.